The van der Waals surface area contributed by atoms with Crippen molar-refractivity contribution in [2.24, 2.45) is 5.92 Å². The Hall–Kier alpha value is -1.09. The maximum atomic E-state index is 12.2. The fraction of sp³-hybridized carbons (Fsp3) is 0.429. The molecule has 0 spiro atoms. The minimum absolute atomic E-state index is 0.00627. The first-order valence-corrected chi connectivity index (χ1v) is 6.99. The minimum Gasteiger partial charge on any atom is -0.299 e. The summed E-state index contributed by atoms with van der Waals surface area (Å²) in [7, 11) is 0. The molecule has 0 amide bonds. The monoisotopic (exact) mass is 250 g/mol. The summed E-state index contributed by atoms with van der Waals surface area (Å²) in [6.07, 6.45) is 2.20. The minimum atomic E-state index is -0.257. The molecule has 92 valence electrons. The highest BCUT2D eigenvalue weighted by molar-refractivity contribution is 8.00. The van der Waals surface area contributed by atoms with Crippen LogP contribution in [0.4, 0.5) is 0 Å². The molecular weight excluding hydrogens is 232 g/mol. The Balaban J connectivity index is 2.75. The van der Waals surface area contributed by atoms with Crippen molar-refractivity contribution >= 4 is 23.3 Å². The number of carbonyl (C=O) groups is 2. The van der Waals surface area contributed by atoms with Crippen LogP contribution in [0.15, 0.2) is 30.3 Å². The average molecular weight is 250 g/mol. The van der Waals surface area contributed by atoms with E-state index in [9.17, 15) is 9.59 Å². The number of hydrogen-bond acceptors (Lipinski definition) is 3. The summed E-state index contributed by atoms with van der Waals surface area (Å²) in [4.78, 5) is 23.8. The van der Waals surface area contributed by atoms with Crippen molar-refractivity contribution in [1.82, 2.24) is 0 Å². The number of ketones is 2. The standard InChI is InChI=1S/C14H18O2S/c1-10(2)12(15)9-13(17-3)14(16)11-7-5-4-6-8-11/h4-8,10,13H,9H2,1-3H3. The number of carbonyl (C=O) groups excluding carboxylic acids is 2. The molecule has 1 atom stereocenters. The van der Waals surface area contributed by atoms with Gasteiger partial charge in [-0.3, -0.25) is 9.59 Å². The summed E-state index contributed by atoms with van der Waals surface area (Å²) in [5.74, 6) is 0.189. The second kappa shape index (κ2) is 6.60. The number of benzene rings is 1. The molecule has 0 aliphatic rings. The van der Waals surface area contributed by atoms with Crippen LogP contribution in [0.5, 0.6) is 0 Å². The Labute approximate surface area is 107 Å². The molecule has 0 bridgehead atoms. The summed E-state index contributed by atoms with van der Waals surface area (Å²) in [5.41, 5.74) is 0.684. The first-order valence-electron chi connectivity index (χ1n) is 5.71. The molecule has 1 aromatic rings. The maximum absolute atomic E-state index is 12.2. The Morgan fingerprint density at radius 3 is 2.24 bits per heavy atom. The molecule has 0 aromatic heterocycles. The molecular formula is C14H18O2S. The fourth-order valence-electron chi connectivity index (χ4n) is 1.49. The summed E-state index contributed by atoms with van der Waals surface area (Å²) >= 11 is 1.45. The fourth-order valence-corrected chi connectivity index (χ4v) is 2.17. The molecule has 0 saturated heterocycles. The third-order valence-electron chi connectivity index (χ3n) is 2.67. The van der Waals surface area contributed by atoms with Gasteiger partial charge in [0.2, 0.25) is 0 Å². The van der Waals surface area contributed by atoms with Gasteiger partial charge in [0.15, 0.2) is 5.78 Å². The molecule has 0 fully saturated rings. The molecule has 0 aliphatic carbocycles. The summed E-state index contributed by atoms with van der Waals surface area (Å²) < 4.78 is 0. The van der Waals surface area contributed by atoms with E-state index in [1.54, 1.807) is 12.1 Å². The van der Waals surface area contributed by atoms with Crippen LogP contribution in [0.1, 0.15) is 30.6 Å². The van der Waals surface area contributed by atoms with E-state index >= 15 is 0 Å². The lowest BCUT2D eigenvalue weighted by Gasteiger charge is -2.13. The highest BCUT2D eigenvalue weighted by Crippen LogP contribution is 2.19. The van der Waals surface area contributed by atoms with Crippen LogP contribution in [-0.2, 0) is 4.79 Å². The van der Waals surface area contributed by atoms with Gasteiger partial charge in [-0.2, -0.15) is 11.8 Å². The molecule has 0 N–H and O–H groups in total. The smallest absolute Gasteiger partial charge is 0.176 e. The van der Waals surface area contributed by atoms with Gasteiger partial charge >= 0.3 is 0 Å². The average Bonchev–Trinajstić information content (AvgIpc) is 2.35. The number of hydrogen-bond donors (Lipinski definition) is 0. The predicted molar refractivity (Wildman–Crippen MR) is 72.5 cm³/mol. The van der Waals surface area contributed by atoms with Crippen LogP contribution in [0.25, 0.3) is 0 Å². The van der Waals surface area contributed by atoms with Crippen molar-refractivity contribution in [2.45, 2.75) is 25.5 Å². The first kappa shape index (κ1) is 14.0. The largest absolute Gasteiger partial charge is 0.299 e. The second-order valence-corrected chi connectivity index (χ2v) is 5.32. The van der Waals surface area contributed by atoms with Crippen molar-refractivity contribution in [3.63, 3.8) is 0 Å². The normalized spacial score (nSPS) is 12.5. The zero-order valence-corrected chi connectivity index (χ0v) is 11.3. The van der Waals surface area contributed by atoms with Crippen molar-refractivity contribution in [3.05, 3.63) is 35.9 Å². The molecule has 17 heavy (non-hydrogen) atoms. The summed E-state index contributed by atoms with van der Waals surface area (Å²) in [6.45, 7) is 3.74. The van der Waals surface area contributed by atoms with E-state index in [2.05, 4.69) is 0 Å². The lowest BCUT2D eigenvalue weighted by Crippen LogP contribution is -2.23. The van der Waals surface area contributed by atoms with E-state index < -0.39 is 0 Å². The molecule has 0 saturated carbocycles. The van der Waals surface area contributed by atoms with Crippen molar-refractivity contribution in [1.29, 1.82) is 0 Å². The lowest BCUT2D eigenvalue weighted by atomic mass is 10.00. The third kappa shape index (κ3) is 4.00. The Bertz CT molecular complexity index is 384. The molecule has 0 heterocycles. The van der Waals surface area contributed by atoms with E-state index in [0.29, 0.717) is 12.0 Å². The van der Waals surface area contributed by atoms with Crippen LogP contribution in [0, 0.1) is 5.92 Å². The highest BCUT2D eigenvalue weighted by Gasteiger charge is 2.23. The maximum Gasteiger partial charge on any atom is 0.176 e. The molecule has 0 aliphatic heterocycles. The molecule has 0 radical (unpaired) electrons. The quantitative estimate of drug-likeness (QED) is 0.727. The van der Waals surface area contributed by atoms with Gasteiger partial charge in [-0.1, -0.05) is 44.2 Å². The Morgan fingerprint density at radius 1 is 1.18 bits per heavy atom. The lowest BCUT2D eigenvalue weighted by molar-refractivity contribution is -0.121. The van der Waals surface area contributed by atoms with E-state index in [1.807, 2.05) is 38.3 Å². The molecule has 1 rings (SSSR count). The first-order chi connectivity index (χ1) is 8.06. The van der Waals surface area contributed by atoms with Crippen molar-refractivity contribution in [2.75, 3.05) is 6.26 Å². The van der Waals surface area contributed by atoms with Crippen molar-refractivity contribution in [3.8, 4) is 0 Å². The van der Waals surface area contributed by atoms with Gasteiger partial charge in [0.25, 0.3) is 0 Å². The highest BCUT2D eigenvalue weighted by atomic mass is 32.2. The van der Waals surface area contributed by atoms with Gasteiger partial charge in [0, 0.05) is 17.9 Å². The molecule has 2 nitrogen and oxygen atoms in total. The Morgan fingerprint density at radius 2 is 1.76 bits per heavy atom. The van der Waals surface area contributed by atoms with Gasteiger partial charge in [-0.05, 0) is 6.26 Å². The topological polar surface area (TPSA) is 34.1 Å². The molecule has 1 aromatic carbocycles. The van der Waals surface area contributed by atoms with Crippen LogP contribution in [0.3, 0.4) is 0 Å². The van der Waals surface area contributed by atoms with E-state index in [4.69, 9.17) is 0 Å². The van der Waals surface area contributed by atoms with Gasteiger partial charge in [0.1, 0.15) is 5.78 Å². The SMILES string of the molecule is CSC(CC(=O)C(C)C)C(=O)c1ccccc1. The molecule has 3 heteroatoms. The van der Waals surface area contributed by atoms with Crippen LogP contribution in [0.2, 0.25) is 0 Å². The Kier molecular flexibility index (Phi) is 5.42. The van der Waals surface area contributed by atoms with E-state index in [1.165, 1.54) is 11.8 Å². The second-order valence-electron chi connectivity index (χ2n) is 4.28. The van der Waals surface area contributed by atoms with Gasteiger partial charge in [0.05, 0.1) is 5.25 Å². The van der Waals surface area contributed by atoms with Gasteiger partial charge in [-0.15, -0.1) is 0 Å². The molecule has 1 unspecified atom stereocenters. The van der Waals surface area contributed by atoms with Gasteiger partial charge in [-0.25, -0.2) is 0 Å². The van der Waals surface area contributed by atoms with Crippen molar-refractivity contribution < 1.29 is 9.59 Å². The van der Waals surface area contributed by atoms with E-state index in [0.717, 1.165) is 0 Å². The number of thioether (sulfide) groups is 1. The number of Topliss-reactive ketones (excluding diaryl/α,β-unsaturated/α-hetero) is 2. The summed E-state index contributed by atoms with van der Waals surface area (Å²) in [6, 6.07) is 9.16. The predicted octanol–water partition coefficient (Wildman–Crippen LogP) is 3.22. The van der Waals surface area contributed by atoms with Crippen LogP contribution in [-0.4, -0.2) is 23.1 Å². The number of rotatable bonds is 6. The van der Waals surface area contributed by atoms with Crippen LogP contribution >= 0.6 is 11.8 Å². The zero-order chi connectivity index (χ0) is 12.8. The summed E-state index contributed by atoms with van der Waals surface area (Å²) in [5, 5.41) is -0.257. The van der Waals surface area contributed by atoms with Crippen LogP contribution < -0.4 is 0 Å². The third-order valence-corrected chi connectivity index (χ3v) is 3.62. The van der Waals surface area contributed by atoms with E-state index in [-0.39, 0.29) is 22.7 Å². The zero-order valence-electron chi connectivity index (χ0n) is 10.5. The van der Waals surface area contributed by atoms with Gasteiger partial charge < -0.3 is 0 Å².